The zero-order chi connectivity index (χ0) is 14.0. The molecule has 0 amide bonds. The van der Waals surface area contributed by atoms with Crippen molar-refractivity contribution in [2.45, 2.75) is 32.4 Å². The fourth-order valence-electron chi connectivity index (χ4n) is 2.04. The van der Waals surface area contributed by atoms with Crippen molar-refractivity contribution in [3.05, 3.63) is 17.7 Å². The van der Waals surface area contributed by atoms with E-state index >= 15 is 0 Å². The second kappa shape index (κ2) is 5.27. The van der Waals surface area contributed by atoms with Gasteiger partial charge in [-0.2, -0.15) is 13.2 Å². The minimum Gasteiger partial charge on any atom is -0.384 e. The maximum absolute atomic E-state index is 12.8. The van der Waals surface area contributed by atoms with Crippen molar-refractivity contribution in [2.24, 2.45) is 5.92 Å². The highest BCUT2D eigenvalue weighted by molar-refractivity contribution is 5.49. The molecule has 0 aliphatic heterocycles. The highest BCUT2D eigenvalue weighted by Gasteiger charge is 2.32. The minimum absolute atomic E-state index is 0.0817. The fraction of sp³-hybridized carbons (Fsp3) is 0.615. The molecule has 1 fully saturated rings. The van der Waals surface area contributed by atoms with Gasteiger partial charge < -0.3 is 10.6 Å². The SMILES string of the molecule is CCCN(CC1CC1)c1cc(C(F)(F)F)cc(N)n1. The highest BCUT2D eigenvalue weighted by atomic mass is 19.4. The van der Waals surface area contributed by atoms with Crippen LogP contribution in [0.25, 0.3) is 0 Å². The standard InChI is InChI=1S/C13H18F3N3/c1-2-5-19(8-9-3-4-9)12-7-10(13(14,15)16)6-11(17)18-12/h6-7,9H,2-5,8H2,1H3,(H2,17,18). The van der Waals surface area contributed by atoms with Crippen molar-refractivity contribution in [3.63, 3.8) is 0 Å². The predicted octanol–water partition coefficient (Wildman–Crippen LogP) is 3.31. The molecule has 1 aliphatic carbocycles. The Morgan fingerprint density at radius 1 is 1.37 bits per heavy atom. The molecule has 2 N–H and O–H groups in total. The summed E-state index contributed by atoms with van der Waals surface area (Å²) in [5, 5.41) is 0. The van der Waals surface area contributed by atoms with Gasteiger partial charge in [0, 0.05) is 13.1 Å². The van der Waals surface area contributed by atoms with Crippen molar-refractivity contribution in [1.29, 1.82) is 0 Å². The Balaban J connectivity index is 2.27. The Kier molecular flexibility index (Phi) is 3.87. The number of hydrogen-bond donors (Lipinski definition) is 1. The second-order valence-electron chi connectivity index (χ2n) is 5.03. The maximum atomic E-state index is 12.8. The van der Waals surface area contributed by atoms with Crippen molar-refractivity contribution >= 4 is 11.6 Å². The first-order valence-electron chi connectivity index (χ1n) is 6.50. The Morgan fingerprint density at radius 2 is 2.05 bits per heavy atom. The van der Waals surface area contributed by atoms with Gasteiger partial charge in [0.1, 0.15) is 11.6 Å². The van der Waals surface area contributed by atoms with Crippen LogP contribution in [0, 0.1) is 5.92 Å². The minimum atomic E-state index is -4.39. The van der Waals surface area contributed by atoms with Crippen LogP contribution in [0.5, 0.6) is 0 Å². The van der Waals surface area contributed by atoms with E-state index < -0.39 is 11.7 Å². The third-order valence-corrected chi connectivity index (χ3v) is 3.15. The molecular weight excluding hydrogens is 255 g/mol. The summed E-state index contributed by atoms with van der Waals surface area (Å²) in [5.74, 6) is 0.840. The van der Waals surface area contributed by atoms with Crippen molar-refractivity contribution in [3.8, 4) is 0 Å². The molecule has 0 spiro atoms. The van der Waals surface area contributed by atoms with Gasteiger partial charge in [0.05, 0.1) is 5.56 Å². The number of anilines is 2. The molecule has 1 saturated carbocycles. The van der Waals surface area contributed by atoms with Gasteiger partial charge in [-0.25, -0.2) is 4.98 Å². The van der Waals surface area contributed by atoms with Gasteiger partial charge in [-0.3, -0.25) is 0 Å². The first-order valence-corrected chi connectivity index (χ1v) is 6.50. The van der Waals surface area contributed by atoms with Gasteiger partial charge in [0.2, 0.25) is 0 Å². The molecule has 0 unspecified atom stereocenters. The monoisotopic (exact) mass is 273 g/mol. The number of pyridine rings is 1. The Bertz CT molecular complexity index is 441. The lowest BCUT2D eigenvalue weighted by Crippen LogP contribution is -2.28. The highest BCUT2D eigenvalue weighted by Crippen LogP contribution is 2.34. The lowest BCUT2D eigenvalue weighted by Gasteiger charge is -2.24. The summed E-state index contributed by atoms with van der Waals surface area (Å²) in [6.45, 7) is 3.46. The van der Waals surface area contributed by atoms with Crippen molar-refractivity contribution in [1.82, 2.24) is 4.98 Å². The van der Waals surface area contributed by atoms with E-state index in [0.29, 0.717) is 18.3 Å². The summed E-state index contributed by atoms with van der Waals surface area (Å²) in [7, 11) is 0. The summed E-state index contributed by atoms with van der Waals surface area (Å²) < 4.78 is 38.3. The topological polar surface area (TPSA) is 42.1 Å². The van der Waals surface area contributed by atoms with Gasteiger partial charge in [-0.1, -0.05) is 6.92 Å². The molecule has 6 heteroatoms. The number of hydrogen-bond acceptors (Lipinski definition) is 3. The van der Waals surface area contributed by atoms with E-state index in [9.17, 15) is 13.2 Å². The van der Waals surface area contributed by atoms with Crippen LogP contribution in [0.3, 0.4) is 0 Å². The van der Waals surface area contributed by atoms with E-state index in [-0.39, 0.29) is 5.82 Å². The van der Waals surface area contributed by atoms with Crippen LogP contribution in [0.4, 0.5) is 24.8 Å². The average molecular weight is 273 g/mol. The molecule has 0 bridgehead atoms. The van der Waals surface area contributed by atoms with Crippen LogP contribution in [0.15, 0.2) is 12.1 Å². The molecule has 0 aromatic carbocycles. The van der Waals surface area contributed by atoms with Gasteiger partial charge in [0.25, 0.3) is 0 Å². The Labute approximate surface area is 110 Å². The molecule has 0 radical (unpaired) electrons. The number of rotatable bonds is 5. The Hall–Kier alpha value is -1.46. The first kappa shape index (κ1) is 14.0. The molecule has 1 aromatic heterocycles. The van der Waals surface area contributed by atoms with Crippen LogP contribution >= 0.6 is 0 Å². The van der Waals surface area contributed by atoms with Crippen LogP contribution in [0.1, 0.15) is 31.7 Å². The lowest BCUT2D eigenvalue weighted by molar-refractivity contribution is -0.137. The molecule has 1 aromatic rings. The van der Waals surface area contributed by atoms with Crippen molar-refractivity contribution in [2.75, 3.05) is 23.7 Å². The van der Waals surface area contributed by atoms with Crippen LogP contribution in [-0.4, -0.2) is 18.1 Å². The zero-order valence-electron chi connectivity index (χ0n) is 10.9. The van der Waals surface area contributed by atoms with Crippen LogP contribution in [-0.2, 0) is 6.18 Å². The van der Waals surface area contributed by atoms with E-state index in [0.717, 1.165) is 37.9 Å². The lowest BCUT2D eigenvalue weighted by atomic mass is 10.2. The maximum Gasteiger partial charge on any atom is 0.416 e. The number of nitrogen functional groups attached to an aromatic ring is 1. The smallest absolute Gasteiger partial charge is 0.384 e. The third kappa shape index (κ3) is 3.75. The number of alkyl halides is 3. The fourth-order valence-corrected chi connectivity index (χ4v) is 2.04. The normalized spacial score (nSPS) is 15.6. The summed E-state index contributed by atoms with van der Waals surface area (Å²) in [5.41, 5.74) is 4.77. The molecule has 1 heterocycles. The number of halogens is 3. The molecule has 2 rings (SSSR count). The molecular formula is C13H18F3N3. The molecule has 3 nitrogen and oxygen atoms in total. The van der Waals surface area contributed by atoms with E-state index in [1.54, 1.807) is 0 Å². The largest absolute Gasteiger partial charge is 0.416 e. The van der Waals surface area contributed by atoms with Gasteiger partial charge in [0.15, 0.2) is 0 Å². The number of nitrogens with two attached hydrogens (primary N) is 1. The first-order chi connectivity index (χ1) is 8.90. The molecule has 19 heavy (non-hydrogen) atoms. The van der Waals surface area contributed by atoms with Crippen LogP contribution < -0.4 is 10.6 Å². The summed E-state index contributed by atoms with van der Waals surface area (Å²) in [6, 6.07) is 1.97. The zero-order valence-corrected chi connectivity index (χ0v) is 10.9. The van der Waals surface area contributed by atoms with E-state index in [2.05, 4.69) is 4.98 Å². The van der Waals surface area contributed by atoms with Gasteiger partial charge in [-0.05, 0) is 37.3 Å². The number of nitrogens with zero attached hydrogens (tertiary/aromatic N) is 2. The molecule has 106 valence electrons. The number of aromatic nitrogens is 1. The molecule has 0 atom stereocenters. The van der Waals surface area contributed by atoms with Crippen LogP contribution in [0.2, 0.25) is 0 Å². The summed E-state index contributed by atoms with van der Waals surface area (Å²) >= 11 is 0. The second-order valence-corrected chi connectivity index (χ2v) is 5.03. The molecule has 1 aliphatic rings. The van der Waals surface area contributed by atoms with Gasteiger partial charge in [-0.15, -0.1) is 0 Å². The van der Waals surface area contributed by atoms with E-state index in [1.807, 2.05) is 11.8 Å². The predicted molar refractivity (Wildman–Crippen MR) is 68.9 cm³/mol. The molecule has 0 saturated heterocycles. The van der Waals surface area contributed by atoms with E-state index in [4.69, 9.17) is 5.73 Å². The quantitative estimate of drug-likeness (QED) is 0.895. The van der Waals surface area contributed by atoms with Crippen molar-refractivity contribution < 1.29 is 13.2 Å². The third-order valence-electron chi connectivity index (χ3n) is 3.15. The Morgan fingerprint density at radius 3 is 2.58 bits per heavy atom. The van der Waals surface area contributed by atoms with Gasteiger partial charge >= 0.3 is 6.18 Å². The average Bonchev–Trinajstić information content (AvgIpc) is 3.10. The van der Waals surface area contributed by atoms with E-state index in [1.165, 1.54) is 0 Å². The summed E-state index contributed by atoms with van der Waals surface area (Å²) in [6.07, 6.45) is -1.23. The summed E-state index contributed by atoms with van der Waals surface area (Å²) in [4.78, 5) is 5.96.